The SMILES string of the molecule is Cc1c(Br)cccc1C(=O)N[C@H]1CC[C@@H](C(=O)O)C1. The number of carboxylic acid groups (broad SMARTS) is 1. The predicted molar refractivity (Wildman–Crippen MR) is 75.1 cm³/mol. The molecule has 0 unspecified atom stereocenters. The van der Waals surface area contributed by atoms with Gasteiger partial charge in [0, 0.05) is 16.1 Å². The third-order valence-electron chi connectivity index (χ3n) is 3.63. The molecule has 102 valence electrons. The van der Waals surface area contributed by atoms with Crippen LogP contribution in [0.3, 0.4) is 0 Å². The van der Waals surface area contributed by atoms with Crippen molar-refractivity contribution in [2.75, 3.05) is 0 Å². The fourth-order valence-electron chi connectivity index (χ4n) is 2.45. The highest BCUT2D eigenvalue weighted by Crippen LogP contribution is 2.26. The second kappa shape index (κ2) is 5.74. The second-order valence-electron chi connectivity index (χ2n) is 4.93. The lowest BCUT2D eigenvalue weighted by molar-refractivity contribution is -0.141. The maximum Gasteiger partial charge on any atom is 0.306 e. The number of nitrogens with one attached hydrogen (secondary N) is 1. The van der Waals surface area contributed by atoms with Gasteiger partial charge in [0.05, 0.1) is 5.92 Å². The van der Waals surface area contributed by atoms with Crippen LogP contribution in [0.5, 0.6) is 0 Å². The van der Waals surface area contributed by atoms with E-state index in [2.05, 4.69) is 21.2 Å². The lowest BCUT2D eigenvalue weighted by Gasteiger charge is -2.14. The van der Waals surface area contributed by atoms with Gasteiger partial charge in [0.25, 0.3) is 5.91 Å². The Balaban J connectivity index is 2.02. The molecule has 1 aliphatic carbocycles. The van der Waals surface area contributed by atoms with E-state index in [9.17, 15) is 9.59 Å². The average molecular weight is 326 g/mol. The van der Waals surface area contributed by atoms with E-state index in [1.165, 1.54) is 0 Å². The van der Waals surface area contributed by atoms with Crippen LogP contribution in [0.2, 0.25) is 0 Å². The normalized spacial score (nSPS) is 22.2. The van der Waals surface area contributed by atoms with Crippen LogP contribution in [0.1, 0.15) is 35.2 Å². The maximum absolute atomic E-state index is 12.2. The van der Waals surface area contributed by atoms with E-state index >= 15 is 0 Å². The zero-order chi connectivity index (χ0) is 14.0. The number of hydrogen-bond acceptors (Lipinski definition) is 2. The molecule has 1 aromatic rings. The van der Waals surface area contributed by atoms with Crippen molar-refractivity contribution in [3.8, 4) is 0 Å². The summed E-state index contributed by atoms with van der Waals surface area (Å²) in [5, 5.41) is 11.9. The van der Waals surface area contributed by atoms with Gasteiger partial charge < -0.3 is 10.4 Å². The van der Waals surface area contributed by atoms with Gasteiger partial charge >= 0.3 is 5.97 Å². The van der Waals surface area contributed by atoms with Gasteiger partial charge in [-0.25, -0.2) is 0 Å². The van der Waals surface area contributed by atoms with Crippen LogP contribution in [0, 0.1) is 12.8 Å². The number of hydrogen-bond donors (Lipinski definition) is 2. The Bertz CT molecular complexity index is 515. The molecule has 1 saturated carbocycles. The first kappa shape index (κ1) is 14.1. The monoisotopic (exact) mass is 325 g/mol. The highest BCUT2D eigenvalue weighted by Gasteiger charge is 2.30. The van der Waals surface area contributed by atoms with Crippen LogP contribution in [0.15, 0.2) is 22.7 Å². The number of amides is 1. The quantitative estimate of drug-likeness (QED) is 0.897. The van der Waals surface area contributed by atoms with Crippen LogP contribution in [-0.2, 0) is 4.79 Å². The minimum atomic E-state index is -0.768. The number of carboxylic acids is 1. The molecule has 4 nitrogen and oxygen atoms in total. The number of carbonyl (C=O) groups excluding carboxylic acids is 1. The van der Waals surface area contributed by atoms with Crippen molar-refractivity contribution < 1.29 is 14.7 Å². The number of halogens is 1. The average Bonchev–Trinajstić information content (AvgIpc) is 2.81. The molecule has 2 rings (SSSR count). The van der Waals surface area contributed by atoms with Crippen molar-refractivity contribution in [2.24, 2.45) is 5.92 Å². The molecule has 0 spiro atoms. The maximum atomic E-state index is 12.2. The fraction of sp³-hybridized carbons (Fsp3) is 0.429. The third-order valence-corrected chi connectivity index (χ3v) is 4.49. The smallest absolute Gasteiger partial charge is 0.306 e. The van der Waals surface area contributed by atoms with Gasteiger partial charge in [0.2, 0.25) is 0 Å². The molecule has 1 amide bonds. The highest BCUT2D eigenvalue weighted by atomic mass is 79.9. The molecular weight excluding hydrogens is 310 g/mol. The van der Waals surface area contributed by atoms with E-state index in [0.29, 0.717) is 18.4 Å². The standard InChI is InChI=1S/C14H16BrNO3/c1-8-11(3-2-4-12(8)15)13(17)16-10-6-5-9(7-10)14(18)19/h2-4,9-10H,5-7H2,1H3,(H,16,17)(H,18,19)/t9-,10+/m1/s1. The number of benzene rings is 1. The van der Waals surface area contributed by atoms with E-state index in [1.54, 1.807) is 6.07 Å². The second-order valence-corrected chi connectivity index (χ2v) is 5.79. The largest absolute Gasteiger partial charge is 0.481 e. The number of rotatable bonds is 3. The van der Waals surface area contributed by atoms with Crippen LogP contribution in [0.25, 0.3) is 0 Å². The van der Waals surface area contributed by atoms with Crippen molar-refractivity contribution in [1.82, 2.24) is 5.32 Å². The molecule has 2 atom stereocenters. The van der Waals surface area contributed by atoms with Crippen molar-refractivity contribution in [2.45, 2.75) is 32.2 Å². The van der Waals surface area contributed by atoms with Gasteiger partial charge in [-0.1, -0.05) is 22.0 Å². The summed E-state index contributed by atoms with van der Waals surface area (Å²) < 4.78 is 0.898. The molecule has 2 N–H and O–H groups in total. The molecule has 1 aromatic carbocycles. The highest BCUT2D eigenvalue weighted by molar-refractivity contribution is 9.10. The van der Waals surface area contributed by atoms with E-state index < -0.39 is 5.97 Å². The zero-order valence-electron chi connectivity index (χ0n) is 10.6. The van der Waals surface area contributed by atoms with Crippen LogP contribution in [0.4, 0.5) is 0 Å². The van der Waals surface area contributed by atoms with Crippen LogP contribution < -0.4 is 5.32 Å². The number of carbonyl (C=O) groups is 2. The summed E-state index contributed by atoms with van der Waals surface area (Å²) in [5.41, 5.74) is 1.53. The van der Waals surface area contributed by atoms with Crippen molar-refractivity contribution in [1.29, 1.82) is 0 Å². The van der Waals surface area contributed by atoms with Crippen LogP contribution >= 0.6 is 15.9 Å². The van der Waals surface area contributed by atoms with Gasteiger partial charge in [-0.3, -0.25) is 9.59 Å². The molecule has 5 heteroatoms. The van der Waals surface area contributed by atoms with E-state index in [1.807, 2.05) is 19.1 Å². The Morgan fingerprint density at radius 1 is 1.37 bits per heavy atom. The van der Waals surface area contributed by atoms with Crippen molar-refractivity contribution in [3.05, 3.63) is 33.8 Å². The zero-order valence-corrected chi connectivity index (χ0v) is 12.2. The summed E-state index contributed by atoms with van der Waals surface area (Å²) in [7, 11) is 0. The summed E-state index contributed by atoms with van der Waals surface area (Å²) in [6, 6.07) is 5.45. The first-order valence-corrected chi connectivity index (χ1v) is 7.07. The molecule has 0 saturated heterocycles. The Morgan fingerprint density at radius 2 is 2.11 bits per heavy atom. The topological polar surface area (TPSA) is 66.4 Å². The molecule has 19 heavy (non-hydrogen) atoms. The Morgan fingerprint density at radius 3 is 2.74 bits per heavy atom. The lowest BCUT2D eigenvalue weighted by atomic mass is 10.1. The van der Waals surface area contributed by atoms with Crippen molar-refractivity contribution >= 4 is 27.8 Å². The van der Waals surface area contributed by atoms with Crippen LogP contribution in [-0.4, -0.2) is 23.0 Å². The molecule has 1 fully saturated rings. The van der Waals surface area contributed by atoms with E-state index in [4.69, 9.17) is 5.11 Å². The summed E-state index contributed by atoms with van der Waals surface area (Å²) in [4.78, 5) is 23.1. The molecule has 0 heterocycles. The minimum Gasteiger partial charge on any atom is -0.481 e. The van der Waals surface area contributed by atoms with Gasteiger partial charge in [0.15, 0.2) is 0 Å². The molecular formula is C14H16BrNO3. The summed E-state index contributed by atoms with van der Waals surface area (Å²) >= 11 is 3.40. The minimum absolute atomic E-state index is 0.0352. The summed E-state index contributed by atoms with van der Waals surface area (Å²) in [6.07, 6.45) is 1.89. The molecule has 1 aliphatic rings. The predicted octanol–water partition coefficient (Wildman–Crippen LogP) is 2.74. The lowest BCUT2D eigenvalue weighted by Crippen LogP contribution is -2.33. The summed E-state index contributed by atoms with van der Waals surface area (Å²) in [6.45, 7) is 1.88. The molecule has 0 bridgehead atoms. The Labute approximate surface area is 120 Å². The fourth-order valence-corrected chi connectivity index (χ4v) is 2.82. The first-order chi connectivity index (χ1) is 8.99. The van der Waals surface area contributed by atoms with Gasteiger partial charge in [-0.2, -0.15) is 0 Å². The van der Waals surface area contributed by atoms with E-state index in [0.717, 1.165) is 16.5 Å². The molecule has 0 radical (unpaired) electrons. The van der Waals surface area contributed by atoms with Crippen molar-refractivity contribution in [3.63, 3.8) is 0 Å². The third kappa shape index (κ3) is 3.15. The molecule has 0 aliphatic heterocycles. The van der Waals surface area contributed by atoms with Gasteiger partial charge in [-0.15, -0.1) is 0 Å². The first-order valence-electron chi connectivity index (χ1n) is 6.28. The van der Waals surface area contributed by atoms with Gasteiger partial charge in [0.1, 0.15) is 0 Å². The Kier molecular flexibility index (Phi) is 4.24. The molecule has 0 aromatic heterocycles. The Hall–Kier alpha value is -1.36. The van der Waals surface area contributed by atoms with Gasteiger partial charge in [-0.05, 0) is 43.9 Å². The number of aliphatic carboxylic acids is 1. The van der Waals surface area contributed by atoms with E-state index in [-0.39, 0.29) is 17.9 Å². The summed E-state index contributed by atoms with van der Waals surface area (Å²) in [5.74, 6) is -1.22.